The summed E-state index contributed by atoms with van der Waals surface area (Å²) in [5.41, 5.74) is 2.39. The van der Waals surface area contributed by atoms with Crippen LogP contribution in [-0.4, -0.2) is 19.6 Å². The van der Waals surface area contributed by atoms with E-state index >= 15 is 0 Å². The van der Waals surface area contributed by atoms with Gasteiger partial charge in [0.05, 0.1) is 5.69 Å². The molecule has 0 bridgehead atoms. The van der Waals surface area contributed by atoms with Crippen LogP contribution in [0.5, 0.6) is 0 Å². The van der Waals surface area contributed by atoms with Gasteiger partial charge in [-0.2, -0.15) is 9.50 Å². The quantitative estimate of drug-likeness (QED) is 0.554. The molecule has 0 aliphatic carbocycles. The van der Waals surface area contributed by atoms with Crippen molar-refractivity contribution in [3.05, 3.63) is 81.1 Å². The first-order valence-corrected chi connectivity index (χ1v) is 8.52. The van der Waals surface area contributed by atoms with Gasteiger partial charge in [-0.15, -0.1) is 0 Å². The molecule has 2 aromatic heterocycles. The van der Waals surface area contributed by atoms with Crippen molar-refractivity contribution in [2.45, 2.75) is 6.54 Å². The van der Waals surface area contributed by atoms with Crippen molar-refractivity contribution in [1.29, 1.82) is 0 Å². The largest absolute Gasteiger partial charge is 0.351 e. The van der Waals surface area contributed by atoms with E-state index < -0.39 is 0 Å². The maximum Gasteiger partial charge on any atom is 0.274 e. The van der Waals surface area contributed by atoms with Gasteiger partial charge in [0.15, 0.2) is 0 Å². The van der Waals surface area contributed by atoms with Crippen LogP contribution in [0.3, 0.4) is 0 Å². The van der Waals surface area contributed by atoms with Gasteiger partial charge >= 0.3 is 0 Å². The van der Waals surface area contributed by atoms with Gasteiger partial charge in [-0.3, -0.25) is 9.89 Å². The first-order chi connectivity index (χ1) is 12.2. The number of rotatable bonds is 4. The molecule has 4 rings (SSSR count). The molecule has 0 amide bonds. The number of H-pyrrole nitrogens is 1. The third kappa shape index (κ3) is 3.32. The van der Waals surface area contributed by atoms with Crippen molar-refractivity contribution in [2.24, 2.45) is 0 Å². The third-order valence-electron chi connectivity index (χ3n) is 3.75. The van der Waals surface area contributed by atoms with Gasteiger partial charge in [0.25, 0.3) is 11.3 Å². The molecule has 0 saturated heterocycles. The van der Waals surface area contributed by atoms with Crippen LogP contribution in [0.4, 0.5) is 5.95 Å². The molecule has 0 spiro atoms. The van der Waals surface area contributed by atoms with E-state index in [1.807, 2.05) is 54.6 Å². The molecule has 7 heteroatoms. The molecule has 0 aliphatic heterocycles. The van der Waals surface area contributed by atoms with Crippen LogP contribution in [0.15, 0.2) is 69.9 Å². The number of nitrogens with zero attached hydrogens (tertiary/aromatic N) is 3. The Morgan fingerprint density at radius 1 is 1.04 bits per heavy atom. The molecule has 2 N–H and O–H groups in total. The number of aromatic nitrogens is 4. The molecule has 0 radical (unpaired) electrons. The van der Waals surface area contributed by atoms with Crippen molar-refractivity contribution < 1.29 is 0 Å². The summed E-state index contributed by atoms with van der Waals surface area (Å²) in [5, 5.41) is 6.11. The number of benzene rings is 2. The lowest BCUT2D eigenvalue weighted by Gasteiger charge is -2.02. The highest BCUT2D eigenvalue weighted by Gasteiger charge is 2.09. The van der Waals surface area contributed by atoms with Gasteiger partial charge < -0.3 is 5.32 Å². The van der Waals surface area contributed by atoms with Crippen LogP contribution in [0.25, 0.3) is 17.0 Å². The van der Waals surface area contributed by atoms with E-state index in [4.69, 9.17) is 0 Å². The van der Waals surface area contributed by atoms with Gasteiger partial charge in [0.1, 0.15) is 0 Å². The number of hydrogen-bond donors (Lipinski definition) is 2. The first kappa shape index (κ1) is 15.6. The van der Waals surface area contributed by atoms with Crippen molar-refractivity contribution in [2.75, 3.05) is 5.32 Å². The molecule has 0 unspecified atom stereocenters. The van der Waals surface area contributed by atoms with E-state index in [0.29, 0.717) is 24.0 Å². The number of fused-ring (bicyclic) bond motifs is 1. The Morgan fingerprint density at radius 2 is 1.88 bits per heavy atom. The molecule has 4 aromatic rings. The average Bonchev–Trinajstić information content (AvgIpc) is 3.04. The Bertz CT molecular complexity index is 1090. The predicted molar refractivity (Wildman–Crippen MR) is 101 cm³/mol. The van der Waals surface area contributed by atoms with Crippen LogP contribution >= 0.6 is 15.9 Å². The van der Waals surface area contributed by atoms with Crippen molar-refractivity contribution in [1.82, 2.24) is 19.6 Å². The second-order valence-corrected chi connectivity index (χ2v) is 6.45. The normalized spacial score (nSPS) is 10.9. The summed E-state index contributed by atoms with van der Waals surface area (Å²) in [4.78, 5) is 21.2. The SMILES string of the molecule is O=c1cc(-c2ccccc2)nc2nc(NCc3cccc(Br)c3)[nH]n12. The Kier molecular flexibility index (Phi) is 4.07. The van der Waals surface area contributed by atoms with Crippen LogP contribution in [0.2, 0.25) is 0 Å². The average molecular weight is 396 g/mol. The molecular weight excluding hydrogens is 382 g/mol. The zero-order chi connectivity index (χ0) is 17.2. The fraction of sp³-hybridized carbons (Fsp3) is 0.0556. The number of halogens is 1. The summed E-state index contributed by atoms with van der Waals surface area (Å²) in [5.74, 6) is 0.831. The monoisotopic (exact) mass is 395 g/mol. The van der Waals surface area contributed by atoms with Gasteiger partial charge in [0.2, 0.25) is 5.95 Å². The maximum absolute atomic E-state index is 12.3. The lowest BCUT2D eigenvalue weighted by molar-refractivity contribution is 0.897. The van der Waals surface area contributed by atoms with E-state index in [9.17, 15) is 4.79 Å². The minimum Gasteiger partial charge on any atom is -0.351 e. The van der Waals surface area contributed by atoms with E-state index in [-0.39, 0.29) is 5.56 Å². The molecule has 2 heterocycles. The lowest BCUT2D eigenvalue weighted by atomic mass is 10.1. The highest BCUT2D eigenvalue weighted by Crippen LogP contribution is 2.16. The number of hydrogen-bond acceptors (Lipinski definition) is 4. The molecule has 0 fully saturated rings. The molecule has 6 nitrogen and oxygen atoms in total. The predicted octanol–water partition coefficient (Wildman–Crippen LogP) is 3.46. The van der Waals surface area contributed by atoms with Crippen LogP contribution in [0.1, 0.15) is 5.56 Å². The minimum absolute atomic E-state index is 0.202. The summed E-state index contributed by atoms with van der Waals surface area (Å²) < 4.78 is 2.34. The summed E-state index contributed by atoms with van der Waals surface area (Å²) in [6, 6.07) is 19.0. The highest BCUT2D eigenvalue weighted by molar-refractivity contribution is 9.10. The molecule has 0 atom stereocenters. The highest BCUT2D eigenvalue weighted by atomic mass is 79.9. The fourth-order valence-corrected chi connectivity index (χ4v) is 3.00. The van der Waals surface area contributed by atoms with Gasteiger partial charge in [0, 0.05) is 22.6 Å². The van der Waals surface area contributed by atoms with Gasteiger partial charge in [-0.25, -0.2) is 4.98 Å². The molecule has 0 saturated carbocycles. The Labute approximate surface area is 151 Å². The minimum atomic E-state index is -0.202. The summed E-state index contributed by atoms with van der Waals surface area (Å²) >= 11 is 3.45. The zero-order valence-electron chi connectivity index (χ0n) is 13.1. The lowest BCUT2D eigenvalue weighted by Crippen LogP contribution is -2.14. The molecule has 25 heavy (non-hydrogen) atoms. The van der Waals surface area contributed by atoms with E-state index in [2.05, 4.69) is 36.3 Å². The van der Waals surface area contributed by atoms with Crippen molar-refractivity contribution in [3.63, 3.8) is 0 Å². The smallest absolute Gasteiger partial charge is 0.274 e. The van der Waals surface area contributed by atoms with Gasteiger partial charge in [-0.05, 0) is 17.7 Å². The summed E-state index contributed by atoms with van der Waals surface area (Å²) in [7, 11) is 0. The second kappa shape index (κ2) is 6.52. The van der Waals surface area contributed by atoms with Crippen LogP contribution in [-0.2, 0) is 6.54 Å². The maximum atomic E-state index is 12.3. The van der Waals surface area contributed by atoms with Crippen molar-refractivity contribution >= 4 is 27.7 Å². The third-order valence-corrected chi connectivity index (χ3v) is 4.24. The molecular formula is C18H14BrN5O. The summed E-state index contributed by atoms with van der Waals surface area (Å²) in [6.07, 6.45) is 0. The van der Waals surface area contributed by atoms with E-state index in [1.54, 1.807) is 0 Å². The van der Waals surface area contributed by atoms with Gasteiger partial charge in [-0.1, -0.05) is 58.4 Å². The fourth-order valence-electron chi connectivity index (χ4n) is 2.55. The van der Waals surface area contributed by atoms with Crippen molar-refractivity contribution in [3.8, 4) is 11.3 Å². The number of aromatic amines is 1. The summed E-state index contributed by atoms with van der Waals surface area (Å²) in [6.45, 7) is 0.583. The standard InChI is InChI=1S/C18H14BrN5O/c19-14-8-4-5-12(9-14)11-20-17-22-18-21-15(10-16(25)24(18)23-17)13-6-2-1-3-7-13/h1-10H,11H2,(H2,20,21,22,23). The van der Waals surface area contributed by atoms with Crippen LogP contribution in [0, 0.1) is 0 Å². The molecule has 2 aromatic carbocycles. The zero-order valence-corrected chi connectivity index (χ0v) is 14.7. The first-order valence-electron chi connectivity index (χ1n) is 7.72. The van der Waals surface area contributed by atoms with Crippen LogP contribution < -0.4 is 10.9 Å². The number of anilines is 1. The molecule has 124 valence electrons. The molecule has 0 aliphatic rings. The number of nitrogens with one attached hydrogen (secondary N) is 2. The Hall–Kier alpha value is -2.93. The van der Waals surface area contributed by atoms with E-state index in [1.165, 1.54) is 10.6 Å². The topological polar surface area (TPSA) is 75.1 Å². The second-order valence-electron chi connectivity index (χ2n) is 5.54. The Balaban J connectivity index is 1.64. The Morgan fingerprint density at radius 3 is 2.68 bits per heavy atom. The van der Waals surface area contributed by atoms with E-state index in [0.717, 1.165) is 15.6 Å².